The molecule has 0 radical (unpaired) electrons. The zero-order valence-corrected chi connectivity index (χ0v) is 20.7. The first-order chi connectivity index (χ1) is 18.7. The number of carbonyl (C=O) groups is 3. The second kappa shape index (κ2) is 11.4. The van der Waals surface area contributed by atoms with E-state index in [1.807, 2.05) is 0 Å². The second-order valence-electron chi connectivity index (χ2n) is 8.35. The third-order valence-corrected chi connectivity index (χ3v) is 5.74. The number of nitro benzene ring substituents is 1. The summed E-state index contributed by atoms with van der Waals surface area (Å²) < 4.78 is 24.8. The average molecular weight is 531 g/mol. The van der Waals surface area contributed by atoms with Crippen LogP contribution in [0.4, 0.5) is 20.6 Å². The monoisotopic (exact) mass is 531 g/mol. The van der Waals surface area contributed by atoms with E-state index in [0.29, 0.717) is 28.9 Å². The molecule has 0 atom stereocenters. The lowest BCUT2D eigenvalue weighted by Crippen LogP contribution is -2.54. The summed E-state index contributed by atoms with van der Waals surface area (Å²) in [5, 5.41) is 13.2. The van der Waals surface area contributed by atoms with Gasteiger partial charge in [0.05, 0.1) is 17.7 Å². The van der Waals surface area contributed by atoms with Crippen molar-refractivity contribution in [3.05, 3.63) is 112 Å². The Morgan fingerprint density at radius 1 is 1.10 bits per heavy atom. The number of ether oxygens (including phenoxy) is 2. The SMILES string of the molecule is C=CCc1cc(/C=C2\C(=O)NC(=O)N(c3ccc(F)cc3)C2=O)cc(OC)c1OCc1cccc([N+](=O)[O-])c1. The second-order valence-corrected chi connectivity index (χ2v) is 8.35. The molecule has 3 aromatic rings. The van der Waals surface area contributed by atoms with Crippen molar-refractivity contribution in [2.45, 2.75) is 13.0 Å². The van der Waals surface area contributed by atoms with Gasteiger partial charge < -0.3 is 9.47 Å². The molecule has 4 rings (SSSR count). The molecular weight excluding hydrogens is 509 g/mol. The van der Waals surface area contributed by atoms with E-state index in [-0.39, 0.29) is 29.3 Å². The molecule has 1 aliphatic heterocycles. The van der Waals surface area contributed by atoms with Crippen LogP contribution in [0.5, 0.6) is 11.5 Å². The number of halogens is 1. The fraction of sp³-hybridized carbons (Fsp3) is 0.107. The normalized spacial score (nSPS) is 14.3. The highest BCUT2D eigenvalue weighted by Gasteiger charge is 2.37. The zero-order valence-electron chi connectivity index (χ0n) is 20.7. The fourth-order valence-electron chi connectivity index (χ4n) is 3.95. The number of benzene rings is 3. The van der Waals surface area contributed by atoms with Crippen molar-refractivity contribution in [3.8, 4) is 11.5 Å². The Morgan fingerprint density at radius 2 is 1.85 bits per heavy atom. The summed E-state index contributed by atoms with van der Waals surface area (Å²) in [5.74, 6) is -1.69. The molecule has 4 amide bonds. The van der Waals surface area contributed by atoms with Crippen LogP contribution < -0.4 is 19.7 Å². The molecule has 3 aromatic carbocycles. The number of rotatable bonds is 9. The Balaban J connectivity index is 1.68. The van der Waals surface area contributed by atoms with Gasteiger partial charge in [-0.25, -0.2) is 14.1 Å². The predicted molar refractivity (Wildman–Crippen MR) is 140 cm³/mol. The van der Waals surface area contributed by atoms with Crippen LogP contribution in [0.15, 0.2) is 78.9 Å². The molecule has 0 spiro atoms. The first-order valence-electron chi connectivity index (χ1n) is 11.6. The number of nitrogens with zero attached hydrogens (tertiary/aromatic N) is 2. The summed E-state index contributed by atoms with van der Waals surface area (Å²) in [7, 11) is 1.41. The highest BCUT2D eigenvalue weighted by atomic mass is 19.1. The Morgan fingerprint density at radius 3 is 2.51 bits per heavy atom. The van der Waals surface area contributed by atoms with Gasteiger partial charge in [0.25, 0.3) is 17.5 Å². The topological polar surface area (TPSA) is 128 Å². The number of methoxy groups -OCH3 is 1. The molecule has 0 saturated carbocycles. The van der Waals surface area contributed by atoms with Crippen LogP contribution in [0.25, 0.3) is 6.08 Å². The third kappa shape index (κ3) is 5.82. The van der Waals surface area contributed by atoms with Crippen molar-refractivity contribution in [2.24, 2.45) is 0 Å². The molecule has 39 heavy (non-hydrogen) atoms. The quantitative estimate of drug-likeness (QED) is 0.139. The molecule has 0 bridgehead atoms. The summed E-state index contributed by atoms with van der Waals surface area (Å²) in [4.78, 5) is 49.5. The summed E-state index contributed by atoms with van der Waals surface area (Å²) in [6.45, 7) is 3.77. The largest absolute Gasteiger partial charge is 0.493 e. The van der Waals surface area contributed by atoms with Gasteiger partial charge in [-0.2, -0.15) is 0 Å². The number of carbonyl (C=O) groups excluding carboxylic acids is 3. The van der Waals surface area contributed by atoms with Crippen molar-refractivity contribution in [1.82, 2.24) is 5.32 Å². The fourth-order valence-corrected chi connectivity index (χ4v) is 3.95. The third-order valence-electron chi connectivity index (χ3n) is 5.74. The van der Waals surface area contributed by atoms with E-state index in [1.54, 1.807) is 30.3 Å². The Bertz CT molecular complexity index is 1520. The van der Waals surface area contributed by atoms with Gasteiger partial charge in [0.1, 0.15) is 18.0 Å². The van der Waals surface area contributed by atoms with Crippen LogP contribution in [-0.4, -0.2) is 29.9 Å². The molecule has 0 unspecified atom stereocenters. The number of hydrogen-bond donors (Lipinski definition) is 1. The van der Waals surface area contributed by atoms with Crippen LogP contribution >= 0.6 is 0 Å². The number of nitrogens with one attached hydrogen (secondary N) is 1. The van der Waals surface area contributed by atoms with Gasteiger partial charge in [0.2, 0.25) is 0 Å². The first-order valence-corrected chi connectivity index (χ1v) is 11.6. The Hall–Kier alpha value is -5.32. The standard InChI is InChI=1S/C28H22FN3O7/c1-3-5-19-12-18(15-24(38-2)25(19)39-16-17-6-4-7-22(13-17)32(36)37)14-23-26(33)30-28(35)31(27(23)34)21-10-8-20(29)9-11-21/h3-4,6-15H,1,5,16H2,2H3,(H,30,33,35)/b23-14+. The number of nitro groups is 1. The van der Waals surface area contributed by atoms with Crippen LogP contribution in [-0.2, 0) is 22.6 Å². The maximum Gasteiger partial charge on any atom is 0.335 e. The lowest BCUT2D eigenvalue weighted by Gasteiger charge is -2.26. The minimum atomic E-state index is -0.955. The summed E-state index contributed by atoms with van der Waals surface area (Å²) >= 11 is 0. The maximum atomic E-state index is 13.4. The van der Waals surface area contributed by atoms with Crippen LogP contribution in [0.2, 0.25) is 0 Å². The molecule has 0 aromatic heterocycles. The number of barbiturate groups is 1. The molecule has 1 heterocycles. The van der Waals surface area contributed by atoms with E-state index >= 15 is 0 Å². The van der Waals surface area contributed by atoms with Crippen molar-refractivity contribution in [1.29, 1.82) is 0 Å². The lowest BCUT2D eigenvalue weighted by atomic mass is 10.0. The Labute approximate surface area is 222 Å². The van der Waals surface area contributed by atoms with E-state index in [0.717, 1.165) is 17.0 Å². The van der Waals surface area contributed by atoms with Crippen molar-refractivity contribution < 1.29 is 33.2 Å². The number of anilines is 1. The summed E-state index contributed by atoms with van der Waals surface area (Å²) in [5.41, 5.74) is 1.27. The van der Waals surface area contributed by atoms with Crippen LogP contribution in [0.1, 0.15) is 16.7 Å². The number of amides is 4. The van der Waals surface area contributed by atoms with Crippen molar-refractivity contribution >= 4 is 35.3 Å². The number of non-ortho nitro benzene ring substituents is 1. The van der Waals surface area contributed by atoms with Crippen LogP contribution in [0.3, 0.4) is 0 Å². The molecule has 1 fully saturated rings. The highest BCUT2D eigenvalue weighted by molar-refractivity contribution is 6.39. The van der Waals surface area contributed by atoms with E-state index in [9.17, 15) is 28.9 Å². The molecule has 1 aliphatic rings. The molecule has 11 heteroatoms. The van der Waals surface area contributed by atoms with Gasteiger partial charge in [-0.05, 0) is 60.0 Å². The molecule has 1 saturated heterocycles. The zero-order chi connectivity index (χ0) is 28.1. The van der Waals surface area contributed by atoms with Gasteiger partial charge in [0, 0.05) is 17.7 Å². The van der Waals surface area contributed by atoms with Gasteiger partial charge >= 0.3 is 6.03 Å². The van der Waals surface area contributed by atoms with Gasteiger partial charge in [-0.15, -0.1) is 6.58 Å². The number of hydrogen-bond acceptors (Lipinski definition) is 7. The number of urea groups is 1. The van der Waals surface area contributed by atoms with Crippen molar-refractivity contribution in [3.63, 3.8) is 0 Å². The van der Waals surface area contributed by atoms with Crippen molar-refractivity contribution in [2.75, 3.05) is 12.0 Å². The summed E-state index contributed by atoms with van der Waals surface area (Å²) in [6.07, 6.45) is 3.26. The Kier molecular flexibility index (Phi) is 7.80. The summed E-state index contributed by atoms with van der Waals surface area (Å²) in [6, 6.07) is 13.0. The van der Waals surface area contributed by atoms with Gasteiger partial charge in [-0.1, -0.05) is 18.2 Å². The van der Waals surface area contributed by atoms with E-state index < -0.39 is 28.6 Å². The first kappa shape index (κ1) is 26.7. The van der Waals surface area contributed by atoms with E-state index in [1.165, 1.54) is 37.5 Å². The maximum absolute atomic E-state index is 13.4. The van der Waals surface area contributed by atoms with Gasteiger partial charge in [0.15, 0.2) is 11.5 Å². The minimum absolute atomic E-state index is 0.0122. The molecule has 198 valence electrons. The minimum Gasteiger partial charge on any atom is -0.493 e. The smallest absolute Gasteiger partial charge is 0.335 e. The van der Waals surface area contributed by atoms with E-state index in [2.05, 4.69) is 11.9 Å². The number of allylic oxidation sites excluding steroid dienone is 1. The molecule has 10 nitrogen and oxygen atoms in total. The highest BCUT2D eigenvalue weighted by Crippen LogP contribution is 2.35. The lowest BCUT2D eigenvalue weighted by molar-refractivity contribution is -0.384. The average Bonchev–Trinajstić information content (AvgIpc) is 2.91. The predicted octanol–water partition coefficient (Wildman–Crippen LogP) is 4.72. The number of imide groups is 2. The van der Waals surface area contributed by atoms with Gasteiger partial charge in [-0.3, -0.25) is 25.0 Å². The van der Waals surface area contributed by atoms with Crippen LogP contribution in [0, 0.1) is 15.9 Å². The molecular formula is C28H22FN3O7. The molecule has 0 aliphatic carbocycles. The van der Waals surface area contributed by atoms with E-state index in [4.69, 9.17) is 9.47 Å². The molecule has 1 N–H and O–H groups in total.